The molecule has 6 nitrogen and oxygen atoms in total. The highest BCUT2D eigenvalue weighted by atomic mass is 32.2. The summed E-state index contributed by atoms with van der Waals surface area (Å²) < 4.78 is 58.2. The molecule has 0 aliphatic carbocycles. The van der Waals surface area contributed by atoms with Crippen LogP contribution in [0.1, 0.15) is 15.9 Å². The topological polar surface area (TPSA) is 92.7 Å². The lowest BCUT2D eigenvalue weighted by molar-refractivity contribution is -0.181. The molecule has 1 aromatic carbocycles. The van der Waals surface area contributed by atoms with Crippen molar-refractivity contribution >= 4 is 16.0 Å². The minimum Gasteiger partial charge on any atom is -0.478 e. The molecular formula is C10H10F3NO5S. The van der Waals surface area contributed by atoms with Crippen LogP contribution in [0.15, 0.2) is 24.3 Å². The maximum Gasteiger partial charge on any atom is 0.413 e. The van der Waals surface area contributed by atoms with Gasteiger partial charge in [0.25, 0.3) is 0 Å². The summed E-state index contributed by atoms with van der Waals surface area (Å²) in [6.45, 7) is -1.76. The van der Waals surface area contributed by atoms with E-state index >= 15 is 0 Å². The molecule has 2 N–H and O–H groups in total. The first-order valence-corrected chi connectivity index (χ1v) is 6.74. The molecule has 0 amide bonds. The lowest BCUT2D eigenvalue weighted by Gasteiger charge is -2.09. The molecule has 1 aromatic rings. The summed E-state index contributed by atoms with van der Waals surface area (Å²) in [6, 6.07) is 5.01. The van der Waals surface area contributed by atoms with Crippen molar-refractivity contribution in [1.29, 1.82) is 0 Å². The van der Waals surface area contributed by atoms with Crippen LogP contribution in [0.25, 0.3) is 0 Å². The highest BCUT2D eigenvalue weighted by Crippen LogP contribution is 2.14. The number of carbonyl (C=O) groups is 1. The highest BCUT2D eigenvalue weighted by Gasteiger charge is 2.28. The zero-order valence-electron chi connectivity index (χ0n) is 9.85. The number of aromatic carboxylic acids is 1. The fourth-order valence-corrected chi connectivity index (χ4v) is 2.16. The van der Waals surface area contributed by atoms with E-state index in [0.717, 1.165) is 6.07 Å². The van der Waals surface area contributed by atoms with Crippen LogP contribution in [-0.2, 0) is 20.6 Å². The van der Waals surface area contributed by atoms with Gasteiger partial charge < -0.3 is 5.11 Å². The molecule has 0 aliphatic rings. The van der Waals surface area contributed by atoms with Gasteiger partial charge in [-0.3, -0.25) is 4.84 Å². The first-order valence-electron chi connectivity index (χ1n) is 5.09. The van der Waals surface area contributed by atoms with Crippen molar-refractivity contribution in [3.8, 4) is 0 Å². The maximum atomic E-state index is 11.8. The number of hydrogen-bond donors (Lipinski definition) is 2. The van der Waals surface area contributed by atoms with Crippen molar-refractivity contribution < 1.29 is 36.3 Å². The van der Waals surface area contributed by atoms with E-state index in [0.29, 0.717) is 0 Å². The number of hydrogen-bond acceptors (Lipinski definition) is 4. The average Bonchev–Trinajstić information content (AvgIpc) is 2.26. The third kappa shape index (κ3) is 5.99. The van der Waals surface area contributed by atoms with E-state index in [1.807, 2.05) is 0 Å². The van der Waals surface area contributed by atoms with Gasteiger partial charge in [-0.05, 0) is 17.7 Å². The number of sulfonamides is 1. The molecule has 112 valence electrons. The van der Waals surface area contributed by atoms with Gasteiger partial charge in [-0.25, -0.2) is 13.2 Å². The monoisotopic (exact) mass is 313 g/mol. The van der Waals surface area contributed by atoms with Crippen LogP contribution >= 0.6 is 0 Å². The van der Waals surface area contributed by atoms with Gasteiger partial charge >= 0.3 is 12.1 Å². The molecule has 0 fully saturated rings. The van der Waals surface area contributed by atoms with Crippen LogP contribution in [-0.4, -0.2) is 32.3 Å². The molecular weight excluding hydrogens is 303 g/mol. The predicted octanol–water partition coefficient (Wildman–Crippen LogP) is 1.30. The second-order valence-electron chi connectivity index (χ2n) is 3.75. The number of nitrogens with one attached hydrogen (secondary N) is 1. The van der Waals surface area contributed by atoms with Gasteiger partial charge in [0.2, 0.25) is 10.0 Å². The zero-order chi connectivity index (χ0) is 15.4. The average molecular weight is 313 g/mol. The number of carboxylic acids is 1. The summed E-state index contributed by atoms with van der Waals surface area (Å²) in [4.78, 5) is 15.8. The first-order chi connectivity index (χ1) is 9.09. The zero-order valence-corrected chi connectivity index (χ0v) is 10.7. The Morgan fingerprint density at radius 1 is 1.35 bits per heavy atom. The molecule has 0 aliphatic heterocycles. The van der Waals surface area contributed by atoms with Crippen molar-refractivity contribution in [3.63, 3.8) is 0 Å². The largest absolute Gasteiger partial charge is 0.478 e. The number of halogens is 3. The Hall–Kier alpha value is -1.65. The summed E-state index contributed by atoms with van der Waals surface area (Å²) >= 11 is 0. The van der Waals surface area contributed by atoms with Gasteiger partial charge in [-0.2, -0.15) is 13.2 Å². The standard InChI is InChI=1S/C10H10F3NO5S/c11-10(12,13)6-19-14-20(17,18)5-7-2-1-3-8(4-7)9(15)16/h1-4,14H,5-6H2,(H,15,16). The van der Waals surface area contributed by atoms with Crippen LogP contribution in [0.4, 0.5) is 13.2 Å². The van der Waals surface area contributed by atoms with Crippen LogP contribution in [0.3, 0.4) is 0 Å². The Bertz CT molecular complexity index is 585. The molecule has 0 aromatic heterocycles. The van der Waals surface area contributed by atoms with Crippen LogP contribution in [0.2, 0.25) is 0 Å². The minimum absolute atomic E-state index is 0.105. The lowest BCUT2D eigenvalue weighted by Crippen LogP contribution is -2.30. The molecule has 0 saturated carbocycles. The lowest BCUT2D eigenvalue weighted by atomic mass is 10.1. The van der Waals surface area contributed by atoms with E-state index < -0.39 is 34.5 Å². The molecule has 0 spiro atoms. The molecule has 0 bridgehead atoms. The van der Waals surface area contributed by atoms with Crippen molar-refractivity contribution in [2.24, 2.45) is 0 Å². The van der Waals surface area contributed by atoms with Crippen molar-refractivity contribution in [2.75, 3.05) is 6.61 Å². The molecule has 20 heavy (non-hydrogen) atoms. The first kappa shape index (κ1) is 16.4. The molecule has 0 unspecified atom stereocenters. The number of rotatable bonds is 6. The minimum atomic E-state index is -4.66. The summed E-state index contributed by atoms with van der Waals surface area (Å²) in [5, 5.41) is 8.72. The summed E-state index contributed by atoms with van der Waals surface area (Å²) in [7, 11) is -4.16. The van der Waals surface area contributed by atoms with Crippen molar-refractivity contribution in [1.82, 2.24) is 4.89 Å². The predicted molar refractivity (Wildman–Crippen MR) is 61.2 cm³/mol. The second kappa shape index (κ2) is 6.20. The van der Waals surface area contributed by atoms with E-state index in [1.54, 1.807) is 0 Å². The molecule has 0 radical (unpaired) electrons. The van der Waals surface area contributed by atoms with E-state index in [-0.39, 0.29) is 11.1 Å². The van der Waals surface area contributed by atoms with E-state index in [9.17, 15) is 26.4 Å². The Balaban J connectivity index is 2.67. The van der Waals surface area contributed by atoms with Crippen molar-refractivity contribution in [3.05, 3.63) is 35.4 Å². The van der Waals surface area contributed by atoms with Crippen LogP contribution in [0.5, 0.6) is 0 Å². The third-order valence-electron chi connectivity index (χ3n) is 1.95. The fourth-order valence-electron chi connectivity index (χ4n) is 1.24. The van der Waals surface area contributed by atoms with Gasteiger partial charge in [-0.15, -0.1) is 0 Å². The van der Waals surface area contributed by atoms with Gasteiger partial charge in [-0.1, -0.05) is 17.0 Å². The quantitative estimate of drug-likeness (QED) is 0.772. The van der Waals surface area contributed by atoms with Crippen LogP contribution < -0.4 is 4.89 Å². The van der Waals surface area contributed by atoms with Crippen LogP contribution in [0, 0.1) is 0 Å². The smallest absolute Gasteiger partial charge is 0.413 e. The van der Waals surface area contributed by atoms with Crippen molar-refractivity contribution in [2.45, 2.75) is 11.9 Å². The van der Waals surface area contributed by atoms with Gasteiger partial charge in [0.1, 0.15) is 0 Å². The number of carboxylic acid groups (broad SMARTS) is 1. The molecule has 0 saturated heterocycles. The summed E-state index contributed by atoms with van der Waals surface area (Å²) in [5.41, 5.74) is -0.0260. The molecule has 1 rings (SSSR count). The number of alkyl halides is 3. The Kier molecular flexibility index (Phi) is 5.09. The normalized spacial score (nSPS) is 12.3. The Morgan fingerprint density at radius 2 is 2.00 bits per heavy atom. The van der Waals surface area contributed by atoms with Gasteiger partial charge in [0.15, 0.2) is 6.61 Å². The summed E-state index contributed by atoms with van der Waals surface area (Å²) in [5.74, 6) is -1.95. The van der Waals surface area contributed by atoms with Gasteiger partial charge in [0.05, 0.1) is 11.3 Å². The second-order valence-corrected chi connectivity index (χ2v) is 5.44. The third-order valence-corrected chi connectivity index (χ3v) is 3.04. The Morgan fingerprint density at radius 3 is 2.55 bits per heavy atom. The number of benzene rings is 1. The summed E-state index contributed by atoms with van der Waals surface area (Å²) in [6.07, 6.45) is -4.66. The Labute approximate surface area is 112 Å². The van der Waals surface area contributed by atoms with Gasteiger partial charge in [0, 0.05) is 0 Å². The molecule has 0 atom stereocenters. The molecule has 0 heterocycles. The molecule has 10 heteroatoms. The fraction of sp³-hybridized carbons (Fsp3) is 0.300. The SMILES string of the molecule is O=C(O)c1cccc(CS(=O)(=O)NOCC(F)(F)F)c1. The van der Waals surface area contributed by atoms with E-state index in [2.05, 4.69) is 4.84 Å². The van der Waals surface area contributed by atoms with E-state index in [1.165, 1.54) is 23.1 Å². The maximum absolute atomic E-state index is 11.8. The van der Waals surface area contributed by atoms with E-state index in [4.69, 9.17) is 5.11 Å². The highest BCUT2D eigenvalue weighted by molar-refractivity contribution is 7.88.